The zero-order chi connectivity index (χ0) is 36.3. The highest BCUT2D eigenvalue weighted by Gasteiger charge is 2.35. The van der Waals surface area contributed by atoms with Gasteiger partial charge in [0.25, 0.3) is 0 Å². The Morgan fingerprint density at radius 2 is 1.00 bits per heavy atom. The number of nitrogens with zero attached hydrogens (tertiary/aromatic N) is 1. The molecule has 0 spiro atoms. The third kappa shape index (κ3) is 5.35. The second-order valence-corrected chi connectivity index (χ2v) is 14.4. The van der Waals surface area contributed by atoms with Crippen LogP contribution in [0.4, 0.5) is 17.1 Å². The molecule has 1 aromatic heterocycles. The number of furan rings is 1. The average Bonchev–Trinajstić information content (AvgIpc) is 3.81. The molecule has 55 heavy (non-hydrogen) atoms. The van der Waals surface area contributed by atoms with Crippen molar-refractivity contribution < 1.29 is 9.15 Å². The molecule has 2 atom stereocenters. The van der Waals surface area contributed by atoms with Crippen LogP contribution in [0.5, 0.6) is 5.75 Å². The van der Waals surface area contributed by atoms with Crippen LogP contribution in [0.2, 0.25) is 0 Å². The van der Waals surface area contributed by atoms with Crippen molar-refractivity contribution >= 4 is 49.8 Å². The van der Waals surface area contributed by atoms with E-state index in [0.29, 0.717) is 0 Å². The van der Waals surface area contributed by atoms with E-state index in [0.717, 1.165) is 61.3 Å². The number of allylic oxidation sites excluding steroid dienone is 2. The van der Waals surface area contributed by atoms with Crippen LogP contribution < -0.4 is 9.64 Å². The van der Waals surface area contributed by atoms with Crippen molar-refractivity contribution in [2.45, 2.75) is 12.0 Å². The van der Waals surface area contributed by atoms with E-state index in [1.165, 1.54) is 33.2 Å². The van der Waals surface area contributed by atoms with Crippen molar-refractivity contribution in [1.29, 1.82) is 0 Å². The number of hydrogen-bond donors (Lipinski definition) is 0. The third-order valence-corrected chi connectivity index (χ3v) is 11.2. The topological polar surface area (TPSA) is 25.6 Å². The molecule has 0 bridgehead atoms. The van der Waals surface area contributed by atoms with E-state index < -0.39 is 0 Å². The summed E-state index contributed by atoms with van der Waals surface area (Å²) in [4.78, 5) is 2.39. The van der Waals surface area contributed by atoms with Gasteiger partial charge in [-0.2, -0.15) is 0 Å². The third-order valence-electron chi connectivity index (χ3n) is 11.2. The number of anilines is 3. The van der Waals surface area contributed by atoms with Gasteiger partial charge in [0.05, 0.1) is 5.69 Å². The Kier molecular flexibility index (Phi) is 7.31. The first-order chi connectivity index (χ1) is 27.2. The number of ether oxygens (including phenoxy) is 1. The number of para-hydroxylation sites is 1. The minimum Gasteiger partial charge on any atom is -0.484 e. The summed E-state index contributed by atoms with van der Waals surface area (Å²) in [6.45, 7) is 0. The first-order valence-electron chi connectivity index (χ1n) is 18.9. The van der Waals surface area contributed by atoms with E-state index in [-0.39, 0.29) is 12.0 Å². The highest BCUT2D eigenvalue weighted by atomic mass is 16.5. The molecule has 2 heterocycles. The Labute approximate surface area is 319 Å². The predicted molar refractivity (Wildman–Crippen MR) is 228 cm³/mol. The van der Waals surface area contributed by atoms with Gasteiger partial charge in [0.15, 0.2) is 0 Å². The van der Waals surface area contributed by atoms with Gasteiger partial charge in [0.1, 0.15) is 23.0 Å². The molecule has 0 saturated carbocycles. The zero-order valence-corrected chi connectivity index (χ0v) is 30.0. The number of hydrogen-bond acceptors (Lipinski definition) is 3. The summed E-state index contributed by atoms with van der Waals surface area (Å²) in [5.74, 6) is 1.10. The van der Waals surface area contributed by atoms with E-state index in [2.05, 4.69) is 205 Å². The molecule has 260 valence electrons. The molecule has 8 aromatic carbocycles. The van der Waals surface area contributed by atoms with E-state index in [1.54, 1.807) is 0 Å². The fourth-order valence-electron chi connectivity index (χ4n) is 8.47. The van der Waals surface area contributed by atoms with Crippen molar-refractivity contribution in [2.24, 2.45) is 0 Å². The monoisotopic (exact) mass is 705 g/mol. The molecule has 2 aliphatic rings. The van der Waals surface area contributed by atoms with Crippen LogP contribution in [0.1, 0.15) is 11.5 Å². The predicted octanol–water partition coefficient (Wildman–Crippen LogP) is 14.2. The number of benzene rings is 8. The Bertz CT molecular complexity index is 2860. The molecule has 3 heteroatoms. The zero-order valence-electron chi connectivity index (χ0n) is 30.0. The molecule has 0 N–H and O–H groups in total. The van der Waals surface area contributed by atoms with Gasteiger partial charge in [0, 0.05) is 44.8 Å². The average molecular weight is 706 g/mol. The highest BCUT2D eigenvalue weighted by molar-refractivity contribution is 6.13. The highest BCUT2D eigenvalue weighted by Crippen LogP contribution is 2.52. The summed E-state index contributed by atoms with van der Waals surface area (Å²) in [5.41, 5.74) is 12.9. The number of rotatable bonds is 6. The molecule has 0 radical (unpaired) electrons. The van der Waals surface area contributed by atoms with Crippen LogP contribution in [0.3, 0.4) is 0 Å². The van der Waals surface area contributed by atoms with E-state index >= 15 is 0 Å². The summed E-state index contributed by atoms with van der Waals surface area (Å²) >= 11 is 0. The lowest BCUT2D eigenvalue weighted by Crippen LogP contribution is -2.15. The van der Waals surface area contributed by atoms with E-state index in [9.17, 15) is 0 Å². The van der Waals surface area contributed by atoms with Crippen LogP contribution in [0, 0.1) is 0 Å². The van der Waals surface area contributed by atoms with Gasteiger partial charge in [-0.3, -0.25) is 0 Å². The van der Waals surface area contributed by atoms with Gasteiger partial charge in [-0.05, 0) is 87.6 Å². The van der Waals surface area contributed by atoms with Crippen molar-refractivity contribution in [3.8, 4) is 39.1 Å². The summed E-state index contributed by atoms with van der Waals surface area (Å²) in [6.07, 6.45) is 8.60. The van der Waals surface area contributed by atoms with Crippen molar-refractivity contribution in [3.05, 3.63) is 206 Å². The molecule has 3 nitrogen and oxygen atoms in total. The fourth-order valence-corrected chi connectivity index (χ4v) is 8.47. The van der Waals surface area contributed by atoms with Gasteiger partial charge < -0.3 is 14.1 Å². The van der Waals surface area contributed by atoms with Gasteiger partial charge >= 0.3 is 0 Å². The summed E-state index contributed by atoms with van der Waals surface area (Å²) < 4.78 is 13.5. The van der Waals surface area contributed by atoms with E-state index in [1.807, 2.05) is 0 Å². The standard InChI is InChI=1S/C52H35NO2/c1-3-12-34(13-4-1)36-22-26-40(27-23-36)53(41-28-24-37(25-29-41)35-14-5-2-6-15-35)48-32-47-46-30-38-16-7-8-17-39(38)31-50(46)54-51(47)33-45(48)44-20-11-19-43-42-18-9-10-21-49(42)55-52(43)44/h1-33,42,49H. The Morgan fingerprint density at radius 1 is 0.436 bits per heavy atom. The van der Waals surface area contributed by atoms with Gasteiger partial charge in [-0.1, -0.05) is 146 Å². The summed E-state index contributed by atoms with van der Waals surface area (Å²) in [5, 5.41) is 4.51. The SMILES string of the molecule is C1=CC2Oc3c(-c4cc5oc6cc7ccccc7cc6c5cc4N(c4ccc(-c5ccccc5)cc4)c4ccc(-c5ccccc5)cc4)cccc3C2C=C1. The van der Waals surface area contributed by atoms with Crippen LogP contribution >= 0.6 is 0 Å². The Balaban J connectivity index is 1.17. The van der Waals surface area contributed by atoms with Crippen molar-refractivity contribution in [1.82, 2.24) is 0 Å². The molecule has 0 amide bonds. The molecule has 11 rings (SSSR count). The van der Waals surface area contributed by atoms with Crippen LogP contribution in [0.25, 0.3) is 66.1 Å². The minimum atomic E-state index is -0.0286. The maximum absolute atomic E-state index is 6.81. The first-order valence-corrected chi connectivity index (χ1v) is 18.9. The quantitative estimate of drug-likeness (QED) is 0.172. The summed E-state index contributed by atoms with van der Waals surface area (Å²) in [6, 6.07) is 63.0. The molecular formula is C52H35NO2. The van der Waals surface area contributed by atoms with E-state index in [4.69, 9.17) is 9.15 Å². The molecule has 1 aliphatic heterocycles. The maximum Gasteiger partial charge on any atom is 0.136 e. The van der Waals surface area contributed by atoms with Crippen LogP contribution in [-0.2, 0) is 0 Å². The fraction of sp³-hybridized carbons (Fsp3) is 0.0385. The lowest BCUT2D eigenvalue weighted by molar-refractivity contribution is 0.270. The second kappa shape index (κ2) is 12.8. The van der Waals surface area contributed by atoms with Gasteiger partial charge in [0.2, 0.25) is 0 Å². The molecule has 0 saturated heterocycles. The number of fused-ring (bicyclic) bond motifs is 7. The molecule has 2 unspecified atom stereocenters. The smallest absolute Gasteiger partial charge is 0.136 e. The molecular weight excluding hydrogens is 671 g/mol. The largest absolute Gasteiger partial charge is 0.484 e. The molecule has 0 fully saturated rings. The van der Waals surface area contributed by atoms with Gasteiger partial charge in [-0.15, -0.1) is 0 Å². The van der Waals surface area contributed by atoms with Crippen molar-refractivity contribution in [2.75, 3.05) is 4.90 Å². The summed E-state index contributed by atoms with van der Waals surface area (Å²) in [7, 11) is 0. The van der Waals surface area contributed by atoms with Crippen molar-refractivity contribution in [3.63, 3.8) is 0 Å². The molecule has 9 aromatic rings. The molecule has 1 aliphatic carbocycles. The van der Waals surface area contributed by atoms with Crippen LogP contribution in [0.15, 0.2) is 205 Å². The normalized spacial score (nSPS) is 15.6. The first kappa shape index (κ1) is 31.4. The Hall–Kier alpha value is -7.10. The van der Waals surface area contributed by atoms with Gasteiger partial charge in [-0.25, -0.2) is 0 Å². The van der Waals surface area contributed by atoms with Crippen LogP contribution in [-0.4, -0.2) is 6.10 Å². The lowest BCUT2D eigenvalue weighted by atomic mass is 9.89. The Morgan fingerprint density at radius 3 is 1.67 bits per heavy atom. The lowest BCUT2D eigenvalue weighted by Gasteiger charge is -2.29. The minimum absolute atomic E-state index is 0.0286. The second-order valence-electron chi connectivity index (χ2n) is 14.4. The maximum atomic E-state index is 6.81.